The lowest BCUT2D eigenvalue weighted by Gasteiger charge is -2.13. The first-order valence-corrected chi connectivity index (χ1v) is 9.19. The summed E-state index contributed by atoms with van der Waals surface area (Å²) in [5, 5.41) is 0. The van der Waals surface area contributed by atoms with Crippen LogP contribution in [0.3, 0.4) is 0 Å². The predicted octanol–water partition coefficient (Wildman–Crippen LogP) is 3.12. The standard InChI is InChI=1S/C18H20FNO4S/c1-12(2)16-10-13(4-9-18(16)24-3)17(21)11-20-25(22,23)15-7-5-14(19)6-8-15/h4-10,12,20H,11H2,1-3H3. The van der Waals surface area contributed by atoms with E-state index < -0.39 is 15.8 Å². The molecule has 25 heavy (non-hydrogen) atoms. The number of sulfonamides is 1. The monoisotopic (exact) mass is 365 g/mol. The molecule has 5 nitrogen and oxygen atoms in total. The molecule has 0 radical (unpaired) electrons. The molecule has 0 fully saturated rings. The van der Waals surface area contributed by atoms with Crippen molar-refractivity contribution in [3.63, 3.8) is 0 Å². The zero-order valence-corrected chi connectivity index (χ0v) is 15.1. The summed E-state index contributed by atoms with van der Waals surface area (Å²) in [6, 6.07) is 9.39. The molecule has 0 aliphatic carbocycles. The normalized spacial score (nSPS) is 11.6. The Morgan fingerprint density at radius 1 is 1.16 bits per heavy atom. The molecule has 0 saturated heterocycles. The van der Waals surface area contributed by atoms with Gasteiger partial charge in [-0.15, -0.1) is 0 Å². The molecule has 2 aromatic carbocycles. The van der Waals surface area contributed by atoms with Crippen molar-refractivity contribution in [2.45, 2.75) is 24.7 Å². The molecule has 0 saturated carbocycles. The maximum Gasteiger partial charge on any atom is 0.240 e. The number of nitrogens with one attached hydrogen (secondary N) is 1. The zero-order valence-electron chi connectivity index (χ0n) is 14.2. The van der Waals surface area contributed by atoms with Crippen LogP contribution in [0.25, 0.3) is 0 Å². The van der Waals surface area contributed by atoms with Crippen molar-refractivity contribution < 1.29 is 22.3 Å². The summed E-state index contributed by atoms with van der Waals surface area (Å²) in [5.41, 5.74) is 1.26. The van der Waals surface area contributed by atoms with E-state index in [4.69, 9.17) is 4.74 Å². The van der Waals surface area contributed by atoms with Crippen molar-refractivity contribution in [3.05, 3.63) is 59.4 Å². The predicted molar refractivity (Wildman–Crippen MR) is 93.0 cm³/mol. The van der Waals surface area contributed by atoms with E-state index in [1.165, 1.54) is 0 Å². The smallest absolute Gasteiger partial charge is 0.240 e. The first-order chi connectivity index (χ1) is 11.7. The highest BCUT2D eigenvalue weighted by atomic mass is 32.2. The van der Waals surface area contributed by atoms with E-state index in [2.05, 4.69) is 4.72 Å². The van der Waals surface area contributed by atoms with Gasteiger partial charge in [-0.05, 0) is 53.9 Å². The number of hydrogen-bond donors (Lipinski definition) is 1. The Morgan fingerprint density at radius 2 is 1.80 bits per heavy atom. The third-order valence-corrected chi connectivity index (χ3v) is 5.14. The fourth-order valence-corrected chi connectivity index (χ4v) is 3.30. The second-order valence-electron chi connectivity index (χ2n) is 5.81. The molecule has 1 N–H and O–H groups in total. The zero-order chi connectivity index (χ0) is 18.6. The lowest BCUT2D eigenvalue weighted by atomic mass is 9.98. The van der Waals surface area contributed by atoms with Gasteiger partial charge in [0.25, 0.3) is 0 Å². The molecule has 0 spiro atoms. The highest BCUT2D eigenvalue weighted by Crippen LogP contribution is 2.27. The average Bonchev–Trinajstić information content (AvgIpc) is 2.59. The van der Waals surface area contributed by atoms with E-state index in [0.717, 1.165) is 29.8 Å². The van der Waals surface area contributed by atoms with Crippen LogP contribution in [0.2, 0.25) is 0 Å². The van der Waals surface area contributed by atoms with E-state index in [0.29, 0.717) is 11.3 Å². The van der Waals surface area contributed by atoms with Crippen molar-refractivity contribution in [3.8, 4) is 5.75 Å². The number of methoxy groups -OCH3 is 1. The molecule has 0 heterocycles. The van der Waals surface area contributed by atoms with Crippen LogP contribution in [-0.2, 0) is 10.0 Å². The van der Waals surface area contributed by atoms with Crippen LogP contribution in [0, 0.1) is 5.82 Å². The van der Waals surface area contributed by atoms with Crippen molar-refractivity contribution in [2.75, 3.05) is 13.7 Å². The highest BCUT2D eigenvalue weighted by molar-refractivity contribution is 7.89. The number of halogens is 1. The Labute approximate surface area is 146 Å². The fourth-order valence-electron chi connectivity index (χ4n) is 2.32. The molecular formula is C18H20FNO4S. The fraction of sp³-hybridized carbons (Fsp3) is 0.278. The number of carbonyl (C=O) groups excluding carboxylic acids is 1. The molecule has 7 heteroatoms. The Hall–Kier alpha value is -2.25. The quantitative estimate of drug-likeness (QED) is 0.765. The lowest BCUT2D eigenvalue weighted by molar-refractivity contribution is 0.0997. The van der Waals surface area contributed by atoms with Crippen molar-refractivity contribution in [2.24, 2.45) is 0 Å². The van der Waals surface area contributed by atoms with Gasteiger partial charge in [0.15, 0.2) is 5.78 Å². The minimum atomic E-state index is -3.88. The second kappa shape index (κ2) is 7.76. The van der Waals surface area contributed by atoms with Crippen molar-refractivity contribution in [1.82, 2.24) is 4.72 Å². The number of benzene rings is 2. The summed E-state index contributed by atoms with van der Waals surface area (Å²) < 4.78 is 44.7. The van der Waals surface area contributed by atoms with Crippen LogP contribution in [0.4, 0.5) is 4.39 Å². The van der Waals surface area contributed by atoms with Gasteiger partial charge in [-0.3, -0.25) is 4.79 Å². The molecule has 0 unspecified atom stereocenters. The molecular weight excluding hydrogens is 345 g/mol. The summed E-state index contributed by atoms with van der Waals surface area (Å²) >= 11 is 0. The first kappa shape index (κ1) is 19.1. The third-order valence-electron chi connectivity index (χ3n) is 3.72. The van der Waals surface area contributed by atoms with Crippen molar-refractivity contribution >= 4 is 15.8 Å². The minimum Gasteiger partial charge on any atom is -0.496 e. The maximum atomic E-state index is 12.9. The van der Waals surface area contributed by atoms with Gasteiger partial charge >= 0.3 is 0 Å². The molecule has 0 aliphatic rings. The minimum absolute atomic E-state index is 0.0979. The molecule has 0 aromatic heterocycles. The largest absolute Gasteiger partial charge is 0.496 e. The lowest BCUT2D eigenvalue weighted by Crippen LogP contribution is -2.29. The SMILES string of the molecule is COc1ccc(C(=O)CNS(=O)(=O)c2ccc(F)cc2)cc1C(C)C. The van der Waals surface area contributed by atoms with Crippen LogP contribution >= 0.6 is 0 Å². The molecule has 0 atom stereocenters. The number of Topliss-reactive ketones (excluding diaryl/α,β-unsaturated/α-hetero) is 1. The number of ketones is 1. The molecule has 134 valence electrons. The topological polar surface area (TPSA) is 72.5 Å². The summed E-state index contributed by atoms with van der Waals surface area (Å²) in [6.45, 7) is 3.57. The first-order valence-electron chi connectivity index (χ1n) is 7.71. The average molecular weight is 365 g/mol. The van der Waals surface area contributed by atoms with Gasteiger partial charge < -0.3 is 4.74 Å². The number of carbonyl (C=O) groups is 1. The van der Waals surface area contributed by atoms with Gasteiger partial charge in [0, 0.05) is 5.56 Å². The highest BCUT2D eigenvalue weighted by Gasteiger charge is 2.17. The van der Waals surface area contributed by atoms with Crippen LogP contribution in [0.5, 0.6) is 5.75 Å². The van der Waals surface area contributed by atoms with E-state index >= 15 is 0 Å². The Kier molecular flexibility index (Phi) is 5.92. The van der Waals surface area contributed by atoms with Gasteiger partial charge in [-0.2, -0.15) is 0 Å². The summed E-state index contributed by atoms with van der Waals surface area (Å²) in [6.07, 6.45) is 0. The molecule has 0 amide bonds. The van der Waals surface area contributed by atoms with Gasteiger partial charge in [-0.1, -0.05) is 13.8 Å². The third kappa shape index (κ3) is 4.64. The van der Waals surface area contributed by atoms with Crippen molar-refractivity contribution in [1.29, 1.82) is 0 Å². The van der Waals surface area contributed by atoms with Crippen LogP contribution < -0.4 is 9.46 Å². The Morgan fingerprint density at radius 3 is 2.36 bits per heavy atom. The summed E-state index contributed by atoms with van der Waals surface area (Å²) in [5.74, 6) is -0.0678. The van der Waals surface area contributed by atoms with E-state index in [1.807, 2.05) is 13.8 Å². The Balaban J connectivity index is 2.14. The Bertz CT molecular complexity index is 861. The van der Waals surface area contributed by atoms with E-state index in [-0.39, 0.29) is 23.1 Å². The second-order valence-corrected chi connectivity index (χ2v) is 7.58. The van der Waals surface area contributed by atoms with Crippen LogP contribution in [0.15, 0.2) is 47.4 Å². The summed E-state index contributed by atoms with van der Waals surface area (Å²) in [7, 11) is -2.33. The number of hydrogen-bond acceptors (Lipinski definition) is 4. The number of ether oxygens (including phenoxy) is 1. The van der Waals surface area contributed by atoms with E-state index in [1.54, 1.807) is 25.3 Å². The van der Waals surface area contributed by atoms with Crippen LogP contribution in [-0.4, -0.2) is 27.9 Å². The molecule has 2 aromatic rings. The molecule has 0 bridgehead atoms. The van der Waals surface area contributed by atoms with Gasteiger partial charge in [0.1, 0.15) is 11.6 Å². The molecule has 2 rings (SSSR count). The van der Waals surface area contributed by atoms with E-state index in [9.17, 15) is 17.6 Å². The summed E-state index contributed by atoms with van der Waals surface area (Å²) in [4.78, 5) is 12.2. The van der Waals surface area contributed by atoms with Gasteiger partial charge in [0.2, 0.25) is 10.0 Å². The van der Waals surface area contributed by atoms with Gasteiger partial charge in [-0.25, -0.2) is 17.5 Å². The molecule has 0 aliphatic heterocycles. The number of rotatable bonds is 7. The van der Waals surface area contributed by atoms with Gasteiger partial charge in [0.05, 0.1) is 18.6 Å². The maximum absolute atomic E-state index is 12.9. The van der Waals surface area contributed by atoms with Crippen LogP contribution in [0.1, 0.15) is 35.7 Å².